The van der Waals surface area contributed by atoms with Crippen molar-refractivity contribution in [3.63, 3.8) is 0 Å². The molecule has 0 saturated heterocycles. The topological polar surface area (TPSA) is 93.4 Å². The van der Waals surface area contributed by atoms with E-state index in [-0.39, 0.29) is 0 Å². The Morgan fingerprint density at radius 3 is 2.61 bits per heavy atom. The molecule has 0 fully saturated rings. The lowest BCUT2D eigenvalue weighted by Gasteiger charge is -2.23. The van der Waals surface area contributed by atoms with Crippen molar-refractivity contribution in [1.82, 2.24) is 24.9 Å². The van der Waals surface area contributed by atoms with Gasteiger partial charge in [0.05, 0.1) is 24.2 Å². The van der Waals surface area contributed by atoms with Crippen LogP contribution in [-0.4, -0.2) is 56.3 Å². The first-order chi connectivity index (χ1) is 13.7. The van der Waals surface area contributed by atoms with Gasteiger partial charge in [-0.3, -0.25) is 0 Å². The van der Waals surface area contributed by atoms with Crippen molar-refractivity contribution in [3.05, 3.63) is 60.6 Å². The highest BCUT2D eigenvalue weighted by Crippen LogP contribution is 2.31. The van der Waals surface area contributed by atoms with Crippen LogP contribution in [0.25, 0.3) is 22.5 Å². The van der Waals surface area contributed by atoms with Gasteiger partial charge in [0, 0.05) is 37.1 Å². The van der Waals surface area contributed by atoms with Gasteiger partial charge in [-0.15, -0.1) is 5.10 Å². The van der Waals surface area contributed by atoms with E-state index in [1.807, 2.05) is 48.7 Å². The second-order valence-corrected chi connectivity index (χ2v) is 6.35. The average molecular weight is 377 g/mol. The number of hydrogen-bond donors (Lipinski definition) is 1. The molecule has 28 heavy (non-hydrogen) atoms. The van der Waals surface area contributed by atoms with E-state index in [0.29, 0.717) is 31.0 Å². The Morgan fingerprint density at radius 1 is 1.18 bits per heavy atom. The molecule has 0 bridgehead atoms. The van der Waals surface area contributed by atoms with E-state index in [4.69, 9.17) is 9.84 Å². The molecule has 1 N–H and O–H groups in total. The summed E-state index contributed by atoms with van der Waals surface area (Å²) in [4.78, 5) is 12.4. The van der Waals surface area contributed by atoms with E-state index >= 15 is 0 Å². The van der Waals surface area contributed by atoms with E-state index in [2.05, 4.69) is 15.3 Å². The third-order valence-electron chi connectivity index (χ3n) is 4.70. The van der Waals surface area contributed by atoms with Gasteiger partial charge in [-0.1, -0.05) is 6.08 Å². The number of hydrogen-bond acceptors (Lipinski definition) is 5. The lowest BCUT2D eigenvalue weighted by molar-refractivity contribution is 0.150. The van der Waals surface area contributed by atoms with Crippen LogP contribution < -0.4 is 4.74 Å². The zero-order chi connectivity index (χ0) is 19.5. The molecule has 0 saturated carbocycles. The minimum Gasteiger partial charge on any atom is -0.496 e. The number of ether oxygens (including phenoxy) is 1. The first-order valence-corrected chi connectivity index (χ1v) is 8.85. The first kappa shape index (κ1) is 17.7. The average Bonchev–Trinajstić information content (AvgIpc) is 3.28. The molecule has 2 aromatic heterocycles. The summed E-state index contributed by atoms with van der Waals surface area (Å²) >= 11 is 0. The number of carbonyl (C=O) groups is 1. The van der Waals surface area contributed by atoms with E-state index < -0.39 is 6.09 Å². The van der Waals surface area contributed by atoms with Crippen LogP contribution in [0.3, 0.4) is 0 Å². The minimum atomic E-state index is -0.901. The molecule has 0 atom stereocenters. The van der Waals surface area contributed by atoms with Gasteiger partial charge in [0.25, 0.3) is 0 Å². The van der Waals surface area contributed by atoms with Gasteiger partial charge >= 0.3 is 6.09 Å². The Bertz CT molecular complexity index is 1010. The molecule has 1 aliphatic heterocycles. The highest BCUT2D eigenvalue weighted by Gasteiger charge is 2.18. The summed E-state index contributed by atoms with van der Waals surface area (Å²) in [6.07, 6.45) is 5.21. The Hall–Kier alpha value is -3.68. The maximum atomic E-state index is 11.0. The van der Waals surface area contributed by atoms with Crippen LogP contribution >= 0.6 is 0 Å². The lowest BCUT2D eigenvalue weighted by Crippen LogP contribution is -2.33. The molecule has 1 aliphatic rings. The lowest BCUT2D eigenvalue weighted by atomic mass is 10.0. The molecule has 3 heterocycles. The fraction of sp³-hybridized carbons (Fsp3) is 0.200. The fourth-order valence-electron chi connectivity index (χ4n) is 3.18. The van der Waals surface area contributed by atoms with Gasteiger partial charge in [-0.25, -0.2) is 9.48 Å². The van der Waals surface area contributed by atoms with Gasteiger partial charge in [0.2, 0.25) is 0 Å². The van der Waals surface area contributed by atoms with Crippen molar-refractivity contribution in [2.75, 3.05) is 20.2 Å². The predicted molar refractivity (Wildman–Crippen MR) is 103 cm³/mol. The molecule has 0 spiro atoms. The highest BCUT2D eigenvalue weighted by atomic mass is 16.5. The van der Waals surface area contributed by atoms with Crippen LogP contribution in [0.2, 0.25) is 0 Å². The van der Waals surface area contributed by atoms with Crippen molar-refractivity contribution in [1.29, 1.82) is 0 Å². The number of amides is 1. The summed E-state index contributed by atoms with van der Waals surface area (Å²) in [6.45, 7) is 0.837. The van der Waals surface area contributed by atoms with Crippen LogP contribution in [0, 0.1) is 0 Å². The highest BCUT2D eigenvalue weighted by molar-refractivity contribution is 5.72. The molecule has 3 aromatic rings. The molecule has 0 radical (unpaired) electrons. The maximum Gasteiger partial charge on any atom is 0.407 e. The molecule has 0 unspecified atom stereocenters. The van der Waals surface area contributed by atoms with Gasteiger partial charge in [-0.2, -0.15) is 10.2 Å². The fourth-order valence-corrected chi connectivity index (χ4v) is 3.18. The summed E-state index contributed by atoms with van der Waals surface area (Å²) in [5.74, 6) is 0.684. The number of aromatic nitrogens is 4. The van der Waals surface area contributed by atoms with Crippen molar-refractivity contribution in [3.8, 4) is 22.7 Å². The standard InChI is InChI=1S/C20H19N5O3/c1-28-19-13-15(25-10-2-9-21-25)3-4-16(19)18-6-5-17(22-23-18)14-7-11-24(12-8-14)20(26)27/h2-7,9-10,13H,8,11-12H2,1H3,(H,26,27). The minimum absolute atomic E-state index is 0.372. The number of nitrogens with zero attached hydrogens (tertiary/aromatic N) is 5. The third-order valence-corrected chi connectivity index (χ3v) is 4.70. The normalized spacial score (nSPS) is 13.9. The van der Waals surface area contributed by atoms with Crippen LogP contribution in [-0.2, 0) is 0 Å². The maximum absolute atomic E-state index is 11.0. The molecule has 8 heteroatoms. The summed E-state index contributed by atoms with van der Waals surface area (Å²) < 4.78 is 7.30. The molecule has 1 aromatic carbocycles. The van der Waals surface area contributed by atoms with Crippen LogP contribution in [0.5, 0.6) is 5.75 Å². The molecule has 8 nitrogen and oxygen atoms in total. The van der Waals surface area contributed by atoms with Crippen LogP contribution in [0.1, 0.15) is 12.1 Å². The third kappa shape index (κ3) is 3.44. The summed E-state index contributed by atoms with van der Waals surface area (Å²) in [6, 6.07) is 11.5. The van der Waals surface area contributed by atoms with Gasteiger partial charge in [0.15, 0.2) is 0 Å². The Kier molecular flexibility index (Phi) is 4.76. The van der Waals surface area contributed by atoms with Crippen LogP contribution in [0.4, 0.5) is 4.79 Å². The van der Waals surface area contributed by atoms with Crippen molar-refractivity contribution in [2.45, 2.75) is 6.42 Å². The number of carboxylic acid groups (broad SMARTS) is 1. The molecule has 1 amide bonds. The Morgan fingerprint density at radius 2 is 2.00 bits per heavy atom. The second kappa shape index (κ2) is 7.51. The molecule has 0 aliphatic carbocycles. The van der Waals surface area contributed by atoms with E-state index in [9.17, 15) is 4.79 Å². The Labute approximate surface area is 161 Å². The first-order valence-electron chi connectivity index (χ1n) is 8.85. The Balaban J connectivity index is 1.58. The quantitative estimate of drug-likeness (QED) is 0.751. The zero-order valence-corrected chi connectivity index (χ0v) is 15.3. The number of benzene rings is 1. The summed E-state index contributed by atoms with van der Waals surface area (Å²) in [5, 5.41) is 22.0. The molecule has 4 rings (SSSR count). The van der Waals surface area contributed by atoms with Crippen molar-refractivity contribution >= 4 is 11.7 Å². The van der Waals surface area contributed by atoms with Crippen LogP contribution in [0.15, 0.2) is 54.9 Å². The zero-order valence-electron chi connectivity index (χ0n) is 15.3. The van der Waals surface area contributed by atoms with Gasteiger partial charge < -0.3 is 14.7 Å². The largest absolute Gasteiger partial charge is 0.496 e. The van der Waals surface area contributed by atoms with Crippen molar-refractivity contribution in [2.24, 2.45) is 0 Å². The van der Waals surface area contributed by atoms with Gasteiger partial charge in [-0.05, 0) is 42.3 Å². The number of methoxy groups -OCH3 is 1. The van der Waals surface area contributed by atoms with E-state index in [1.54, 1.807) is 18.0 Å². The summed E-state index contributed by atoms with van der Waals surface area (Å²) in [5.41, 5.74) is 4.22. The van der Waals surface area contributed by atoms with Gasteiger partial charge in [0.1, 0.15) is 5.75 Å². The SMILES string of the molecule is COc1cc(-n2cccn2)ccc1-c1ccc(C2=CCN(C(=O)O)CC2)nn1. The number of rotatable bonds is 4. The molecular weight excluding hydrogens is 358 g/mol. The smallest absolute Gasteiger partial charge is 0.407 e. The second-order valence-electron chi connectivity index (χ2n) is 6.35. The monoisotopic (exact) mass is 377 g/mol. The van der Waals surface area contributed by atoms with Crippen molar-refractivity contribution < 1.29 is 14.6 Å². The van der Waals surface area contributed by atoms with E-state index in [1.165, 1.54) is 4.90 Å². The predicted octanol–water partition coefficient (Wildman–Crippen LogP) is 3.11. The summed E-state index contributed by atoms with van der Waals surface area (Å²) in [7, 11) is 1.62. The molecular formula is C20H19N5O3. The van der Waals surface area contributed by atoms with E-state index in [0.717, 1.165) is 22.5 Å². The molecule has 142 valence electrons.